The first-order chi connectivity index (χ1) is 13.4. The number of benzene rings is 2. The number of carbonyl (C=O) groups is 2. The zero-order chi connectivity index (χ0) is 20.5. The smallest absolute Gasteiger partial charge is 0.341 e. The Morgan fingerprint density at radius 3 is 2.54 bits per heavy atom. The van der Waals surface area contributed by atoms with Gasteiger partial charge in [0.1, 0.15) is 23.1 Å². The van der Waals surface area contributed by atoms with Crippen LogP contribution in [-0.2, 0) is 9.59 Å². The third kappa shape index (κ3) is 6.04. The van der Waals surface area contributed by atoms with E-state index in [9.17, 15) is 14.9 Å². The van der Waals surface area contributed by atoms with Gasteiger partial charge in [0, 0.05) is 16.3 Å². The number of halogens is 1. The van der Waals surface area contributed by atoms with Crippen LogP contribution < -0.4 is 14.8 Å². The zero-order valence-electron chi connectivity index (χ0n) is 14.9. The van der Waals surface area contributed by atoms with Gasteiger partial charge in [-0.1, -0.05) is 11.6 Å². The van der Waals surface area contributed by atoms with Crippen LogP contribution in [0.5, 0.6) is 11.5 Å². The molecule has 0 saturated heterocycles. The summed E-state index contributed by atoms with van der Waals surface area (Å²) in [5, 5.41) is 21.1. The molecule has 0 aliphatic rings. The van der Waals surface area contributed by atoms with E-state index in [1.165, 1.54) is 24.3 Å². The van der Waals surface area contributed by atoms with Crippen molar-refractivity contribution in [2.24, 2.45) is 0 Å². The Morgan fingerprint density at radius 1 is 1.21 bits per heavy atom. The van der Waals surface area contributed by atoms with Crippen molar-refractivity contribution in [3.05, 3.63) is 58.6 Å². The lowest BCUT2D eigenvalue weighted by molar-refractivity contribution is -0.139. The monoisotopic (exact) mass is 400 g/mol. The Balaban J connectivity index is 2.22. The fraction of sp³-hybridized carbons (Fsp3) is 0.150. The Bertz CT molecular complexity index is 933. The Hall–Kier alpha value is -3.50. The van der Waals surface area contributed by atoms with Gasteiger partial charge in [-0.05, 0) is 55.5 Å². The van der Waals surface area contributed by atoms with Crippen molar-refractivity contribution in [1.82, 2.24) is 0 Å². The van der Waals surface area contributed by atoms with E-state index in [0.29, 0.717) is 28.6 Å². The molecular formula is C20H17ClN2O5. The average molecular weight is 401 g/mol. The number of carbonyl (C=O) groups excluding carboxylic acids is 1. The van der Waals surface area contributed by atoms with Crippen LogP contribution in [0.2, 0.25) is 5.02 Å². The van der Waals surface area contributed by atoms with Gasteiger partial charge in [-0.2, -0.15) is 5.26 Å². The summed E-state index contributed by atoms with van der Waals surface area (Å²) in [7, 11) is 0. The summed E-state index contributed by atoms with van der Waals surface area (Å²) in [6.07, 6.45) is 1.28. The molecule has 2 aromatic rings. The summed E-state index contributed by atoms with van der Waals surface area (Å²) >= 11 is 5.96. The molecule has 0 atom stereocenters. The van der Waals surface area contributed by atoms with Crippen molar-refractivity contribution in [2.75, 3.05) is 18.5 Å². The number of nitrogens with one attached hydrogen (secondary N) is 1. The lowest BCUT2D eigenvalue weighted by Crippen LogP contribution is -2.13. The number of hydrogen-bond acceptors (Lipinski definition) is 5. The van der Waals surface area contributed by atoms with Crippen molar-refractivity contribution in [2.45, 2.75) is 6.92 Å². The number of ether oxygens (including phenoxy) is 2. The van der Waals surface area contributed by atoms with E-state index in [1.807, 2.05) is 13.0 Å². The molecule has 28 heavy (non-hydrogen) atoms. The molecule has 0 spiro atoms. The highest BCUT2D eigenvalue weighted by molar-refractivity contribution is 6.30. The molecule has 0 radical (unpaired) electrons. The van der Waals surface area contributed by atoms with Crippen molar-refractivity contribution in [3.8, 4) is 17.6 Å². The van der Waals surface area contributed by atoms with Crippen LogP contribution in [0, 0.1) is 11.3 Å². The number of rotatable bonds is 8. The molecular weight excluding hydrogens is 384 g/mol. The first-order valence-corrected chi connectivity index (χ1v) is 8.61. The predicted octanol–water partition coefficient (Wildman–Crippen LogP) is 3.75. The molecule has 0 aliphatic heterocycles. The van der Waals surface area contributed by atoms with Gasteiger partial charge in [0.15, 0.2) is 6.61 Å². The number of carboxylic acid groups (broad SMARTS) is 1. The van der Waals surface area contributed by atoms with Gasteiger partial charge in [-0.15, -0.1) is 0 Å². The highest BCUT2D eigenvalue weighted by Gasteiger charge is 2.13. The Kier molecular flexibility index (Phi) is 7.43. The molecule has 0 saturated carbocycles. The standard InChI is InChI=1S/C20H17ClN2O5/c1-2-27-17-6-4-16(5-7-17)23-20(26)14(11-22)9-13-10-15(21)3-8-18(13)28-12-19(24)25/h3-10H,2,12H2,1H3,(H,23,26)(H,24,25)/b14-9+. The normalized spacial score (nSPS) is 10.7. The van der Waals surface area contributed by atoms with Crippen LogP contribution in [0.25, 0.3) is 6.08 Å². The summed E-state index contributed by atoms with van der Waals surface area (Å²) in [6, 6.07) is 13.0. The number of hydrogen-bond donors (Lipinski definition) is 2. The molecule has 2 rings (SSSR count). The minimum absolute atomic E-state index is 0.188. The van der Waals surface area contributed by atoms with E-state index in [1.54, 1.807) is 24.3 Å². The number of amides is 1. The largest absolute Gasteiger partial charge is 0.494 e. The summed E-state index contributed by atoms with van der Waals surface area (Å²) in [4.78, 5) is 23.1. The summed E-state index contributed by atoms with van der Waals surface area (Å²) in [6.45, 7) is 1.83. The molecule has 2 N–H and O–H groups in total. The zero-order valence-corrected chi connectivity index (χ0v) is 15.7. The molecule has 2 aromatic carbocycles. The number of carboxylic acids is 1. The summed E-state index contributed by atoms with van der Waals surface area (Å²) in [5.41, 5.74) is 0.603. The van der Waals surface area contributed by atoms with Gasteiger partial charge < -0.3 is 19.9 Å². The summed E-state index contributed by atoms with van der Waals surface area (Å²) in [5.74, 6) is -0.932. The molecule has 144 valence electrons. The number of nitriles is 1. The molecule has 8 heteroatoms. The molecule has 0 fully saturated rings. The maximum atomic E-state index is 12.4. The molecule has 1 amide bonds. The van der Waals surface area contributed by atoms with Crippen LogP contribution in [-0.4, -0.2) is 30.2 Å². The van der Waals surface area contributed by atoms with E-state index >= 15 is 0 Å². The third-order valence-corrected chi connectivity index (χ3v) is 3.65. The lowest BCUT2D eigenvalue weighted by Gasteiger charge is -2.09. The van der Waals surface area contributed by atoms with E-state index in [0.717, 1.165) is 0 Å². The fourth-order valence-corrected chi connectivity index (χ4v) is 2.39. The molecule has 0 unspecified atom stereocenters. The van der Waals surface area contributed by atoms with E-state index in [-0.39, 0.29) is 11.3 Å². The molecule has 0 heterocycles. The second-order valence-corrected chi connectivity index (χ2v) is 5.88. The third-order valence-electron chi connectivity index (χ3n) is 3.41. The van der Waals surface area contributed by atoms with Gasteiger partial charge in [0.25, 0.3) is 5.91 Å². The fourth-order valence-electron chi connectivity index (χ4n) is 2.21. The average Bonchev–Trinajstić information content (AvgIpc) is 2.67. The van der Waals surface area contributed by atoms with Gasteiger partial charge in [0.05, 0.1) is 6.61 Å². The van der Waals surface area contributed by atoms with Crippen molar-refractivity contribution in [3.63, 3.8) is 0 Å². The summed E-state index contributed by atoms with van der Waals surface area (Å²) < 4.78 is 10.5. The van der Waals surface area contributed by atoms with Crippen molar-refractivity contribution >= 4 is 35.2 Å². The maximum Gasteiger partial charge on any atom is 0.341 e. The highest BCUT2D eigenvalue weighted by Crippen LogP contribution is 2.26. The Morgan fingerprint density at radius 2 is 1.93 bits per heavy atom. The van der Waals surface area contributed by atoms with Crippen molar-refractivity contribution in [1.29, 1.82) is 5.26 Å². The van der Waals surface area contributed by atoms with Gasteiger partial charge in [-0.3, -0.25) is 4.79 Å². The van der Waals surface area contributed by atoms with Gasteiger partial charge in [-0.25, -0.2) is 4.79 Å². The Labute approximate surface area is 166 Å². The first kappa shape index (κ1) is 20.8. The molecule has 0 bridgehead atoms. The second-order valence-electron chi connectivity index (χ2n) is 5.45. The van der Waals surface area contributed by atoms with E-state index in [2.05, 4.69) is 5.32 Å². The number of anilines is 1. The number of aliphatic carboxylic acids is 1. The predicted molar refractivity (Wildman–Crippen MR) is 104 cm³/mol. The molecule has 7 nitrogen and oxygen atoms in total. The van der Waals surface area contributed by atoms with Crippen molar-refractivity contribution < 1.29 is 24.2 Å². The number of nitrogens with zero attached hydrogens (tertiary/aromatic N) is 1. The van der Waals surface area contributed by atoms with Gasteiger partial charge >= 0.3 is 5.97 Å². The SMILES string of the molecule is CCOc1ccc(NC(=O)/C(C#N)=C/c2cc(Cl)ccc2OCC(=O)O)cc1. The van der Waals surface area contributed by atoms with Crippen LogP contribution in [0.1, 0.15) is 12.5 Å². The topological polar surface area (TPSA) is 109 Å². The van der Waals surface area contributed by atoms with Crippen LogP contribution in [0.3, 0.4) is 0 Å². The van der Waals surface area contributed by atoms with Crippen LogP contribution in [0.4, 0.5) is 5.69 Å². The molecule has 0 aromatic heterocycles. The first-order valence-electron chi connectivity index (χ1n) is 8.23. The van der Waals surface area contributed by atoms with Gasteiger partial charge in [0.2, 0.25) is 0 Å². The lowest BCUT2D eigenvalue weighted by atomic mass is 10.1. The van der Waals surface area contributed by atoms with E-state index in [4.69, 9.17) is 26.2 Å². The van der Waals surface area contributed by atoms with E-state index < -0.39 is 18.5 Å². The quantitative estimate of drug-likeness (QED) is 0.516. The van der Waals surface area contributed by atoms with Crippen LogP contribution >= 0.6 is 11.6 Å². The minimum atomic E-state index is -1.15. The highest BCUT2D eigenvalue weighted by atomic mass is 35.5. The maximum absolute atomic E-state index is 12.4. The minimum Gasteiger partial charge on any atom is -0.494 e. The second kappa shape index (κ2) is 10.00. The van der Waals surface area contributed by atoms with Crippen LogP contribution in [0.15, 0.2) is 48.0 Å². The molecule has 0 aliphatic carbocycles.